The molecule has 0 bridgehead atoms. The van der Waals surface area contributed by atoms with Gasteiger partial charge in [0.05, 0.1) is 16.7 Å². The first-order valence-electron chi connectivity index (χ1n) is 16.3. The number of alkyl halides is 6. The van der Waals surface area contributed by atoms with Gasteiger partial charge in [-0.3, -0.25) is 4.79 Å². The molecule has 0 amide bonds. The number of hydrogen-bond donors (Lipinski definition) is 0. The standard InChI is InChI=1S/C38H42F6N2O2/c1-21(2)15-17-45-29(35(5,6)25-11-9-13-27(31(25)45)37(39,40)41)19-23-33(47)24(34(23)48)20-30-36(7,8)26-12-10-14-28(38(42,43)44)32(26)46(30)18-16-22(3)4/h9-14,19-22H,15-18H2,1-8H3. The summed E-state index contributed by atoms with van der Waals surface area (Å²) in [4.78, 5) is 15.3. The number of rotatable bonds is 8. The van der Waals surface area contributed by atoms with Gasteiger partial charge in [0.15, 0.2) is 11.5 Å². The predicted molar refractivity (Wildman–Crippen MR) is 173 cm³/mol. The summed E-state index contributed by atoms with van der Waals surface area (Å²) in [5, 5.41) is 13.7. The van der Waals surface area contributed by atoms with Gasteiger partial charge in [-0.05, 0) is 55.9 Å². The number of Topliss-reactive ketones (excluding diaryl/α,β-unsaturated/α-hetero) is 1. The van der Waals surface area contributed by atoms with Crippen molar-refractivity contribution >= 4 is 22.9 Å². The Morgan fingerprint density at radius 3 is 1.92 bits per heavy atom. The van der Waals surface area contributed by atoms with E-state index in [0.29, 0.717) is 35.4 Å². The molecule has 0 atom stereocenters. The Morgan fingerprint density at radius 1 is 0.812 bits per heavy atom. The molecule has 0 fully saturated rings. The molecule has 4 nitrogen and oxygen atoms in total. The Bertz CT molecular complexity index is 1780. The number of allylic oxidation sites excluding steroid dienone is 5. The highest BCUT2D eigenvalue weighted by Gasteiger charge is 2.51. The highest BCUT2D eigenvalue weighted by atomic mass is 19.4. The molecule has 0 radical (unpaired) electrons. The fraction of sp³-hybridized carbons (Fsp3) is 0.474. The van der Waals surface area contributed by atoms with Crippen molar-refractivity contribution in [3.05, 3.63) is 93.4 Å². The van der Waals surface area contributed by atoms with Gasteiger partial charge in [0.25, 0.3) is 0 Å². The number of ketones is 1. The SMILES string of the molecule is CC(C)CCN1/C(=C\C2=C([O-])C(=C\C3=[N+](CCC(C)C)c4c(C(F)(F)F)cccc4C3(C)C)/C2=O)C(C)(C)c2cccc(C(F)(F)F)c21. The number of hydrogen-bond acceptors (Lipinski definition) is 3. The lowest BCUT2D eigenvalue weighted by Crippen LogP contribution is -2.35. The summed E-state index contributed by atoms with van der Waals surface area (Å²) in [6, 6.07) is 8.11. The third kappa shape index (κ3) is 5.89. The summed E-state index contributed by atoms with van der Waals surface area (Å²) < 4.78 is 87.1. The van der Waals surface area contributed by atoms with Crippen molar-refractivity contribution < 1.29 is 40.8 Å². The quantitative estimate of drug-likeness (QED) is 0.160. The van der Waals surface area contributed by atoms with E-state index >= 15 is 0 Å². The van der Waals surface area contributed by atoms with Crippen molar-refractivity contribution in [2.45, 2.75) is 91.4 Å². The number of benzene rings is 2. The summed E-state index contributed by atoms with van der Waals surface area (Å²) in [5.41, 5.74) is -1.99. The van der Waals surface area contributed by atoms with E-state index in [1.165, 1.54) is 24.3 Å². The van der Waals surface area contributed by atoms with Crippen molar-refractivity contribution in [3.63, 3.8) is 0 Å². The smallest absolute Gasteiger partial charge is 0.422 e. The van der Waals surface area contributed by atoms with Crippen molar-refractivity contribution in [1.82, 2.24) is 0 Å². The van der Waals surface area contributed by atoms with Crippen LogP contribution >= 0.6 is 0 Å². The van der Waals surface area contributed by atoms with E-state index in [-0.39, 0.29) is 47.4 Å². The topological polar surface area (TPSA) is 46.4 Å². The van der Waals surface area contributed by atoms with Gasteiger partial charge in [-0.25, -0.2) is 0 Å². The fourth-order valence-electron chi connectivity index (χ4n) is 7.05. The Balaban J connectivity index is 1.66. The van der Waals surface area contributed by atoms with Crippen LogP contribution in [0, 0.1) is 11.8 Å². The number of halogens is 6. The lowest BCUT2D eigenvalue weighted by Gasteiger charge is -2.33. The number of carbonyl (C=O) groups excluding carboxylic acids is 1. The summed E-state index contributed by atoms with van der Waals surface area (Å²) >= 11 is 0. The van der Waals surface area contributed by atoms with E-state index in [1.54, 1.807) is 49.3 Å². The lowest BCUT2D eigenvalue weighted by molar-refractivity contribution is -0.441. The first-order chi connectivity index (χ1) is 22.1. The third-order valence-electron chi connectivity index (χ3n) is 9.83. The van der Waals surface area contributed by atoms with Crippen LogP contribution in [-0.4, -0.2) is 29.2 Å². The van der Waals surface area contributed by atoms with Gasteiger partial charge in [0, 0.05) is 46.9 Å². The fourth-order valence-corrected chi connectivity index (χ4v) is 7.05. The van der Waals surface area contributed by atoms with Crippen molar-refractivity contribution in [2.75, 3.05) is 18.0 Å². The van der Waals surface area contributed by atoms with Crippen LogP contribution in [0.1, 0.15) is 90.5 Å². The number of nitrogens with zero attached hydrogens (tertiary/aromatic N) is 2. The van der Waals surface area contributed by atoms with Gasteiger partial charge in [-0.2, -0.15) is 30.9 Å². The second-order valence-corrected chi connectivity index (χ2v) is 14.9. The molecule has 1 aliphatic carbocycles. The molecule has 2 aromatic carbocycles. The van der Waals surface area contributed by atoms with Crippen LogP contribution < -0.4 is 10.0 Å². The zero-order chi connectivity index (χ0) is 35.7. The van der Waals surface area contributed by atoms with Crippen LogP contribution in [0.15, 0.2) is 71.2 Å². The summed E-state index contributed by atoms with van der Waals surface area (Å²) in [5.74, 6) is -0.812. The molecule has 48 heavy (non-hydrogen) atoms. The minimum atomic E-state index is -4.62. The molecule has 10 heteroatoms. The molecule has 258 valence electrons. The predicted octanol–water partition coefficient (Wildman–Crippen LogP) is 9.00. The van der Waals surface area contributed by atoms with E-state index in [0.717, 1.165) is 12.1 Å². The van der Waals surface area contributed by atoms with E-state index < -0.39 is 45.9 Å². The number of para-hydroxylation sites is 2. The molecule has 2 heterocycles. The zero-order valence-corrected chi connectivity index (χ0v) is 28.6. The van der Waals surface area contributed by atoms with Gasteiger partial charge in [-0.1, -0.05) is 71.6 Å². The molecule has 2 aliphatic heterocycles. The molecule has 2 aromatic rings. The van der Waals surface area contributed by atoms with Crippen LogP contribution in [0.4, 0.5) is 37.7 Å². The third-order valence-corrected chi connectivity index (χ3v) is 9.83. The van der Waals surface area contributed by atoms with Crippen molar-refractivity contribution in [2.24, 2.45) is 11.8 Å². The largest absolute Gasteiger partial charge is 0.871 e. The zero-order valence-electron chi connectivity index (χ0n) is 28.6. The molecular formula is C38H42F6N2O2. The van der Waals surface area contributed by atoms with Crippen LogP contribution in [0.25, 0.3) is 0 Å². The van der Waals surface area contributed by atoms with Crippen LogP contribution in [0.3, 0.4) is 0 Å². The van der Waals surface area contributed by atoms with Gasteiger partial charge >= 0.3 is 12.4 Å². The normalized spacial score (nSPS) is 20.5. The van der Waals surface area contributed by atoms with Gasteiger partial charge in [0.2, 0.25) is 5.69 Å². The molecule has 0 N–H and O–H groups in total. The summed E-state index contributed by atoms with van der Waals surface area (Å²) in [6.45, 7) is 15.5. The Kier molecular flexibility index (Phi) is 8.83. The van der Waals surface area contributed by atoms with Gasteiger partial charge in [-0.15, -0.1) is 0 Å². The van der Waals surface area contributed by atoms with E-state index in [2.05, 4.69) is 0 Å². The lowest BCUT2D eigenvalue weighted by atomic mass is 9.77. The molecule has 0 unspecified atom stereocenters. The summed E-state index contributed by atoms with van der Waals surface area (Å²) in [7, 11) is 0. The maximum absolute atomic E-state index is 14.2. The second-order valence-electron chi connectivity index (χ2n) is 14.9. The summed E-state index contributed by atoms with van der Waals surface area (Å²) in [6.07, 6.45) is -5.26. The van der Waals surface area contributed by atoms with Crippen molar-refractivity contribution in [3.8, 4) is 0 Å². The molecule has 3 aliphatic rings. The molecular weight excluding hydrogens is 630 g/mol. The van der Waals surface area contributed by atoms with Crippen LogP contribution in [0.5, 0.6) is 0 Å². The number of fused-ring (bicyclic) bond motifs is 2. The van der Waals surface area contributed by atoms with Crippen LogP contribution in [0.2, 0.25) is 0 Å². The number of anilines is 1. The van der Waals surface area contributed by atoms with E-state index in [9.17, 15) is 36.2 Å². The Labute approximate surface area is 278 Å². The van der Waals surface area contributed by atoms with E-state index in [4.69, 9.17) is 0 Å². The minimum Gasteiger partial charge on any atom is -0.871 e. The average molecular weight is 673 g/mol. The first kappa shape index (κ1) is 35.5. The maximum Gasteiger partial charge on any atom is 0.422 e. The second kappa shape index (κ2) is 11.9. The van der Waals surface area contributed by atoms with Gasteiger partial charge < -0.3 is 10.0 Å². The molecule has 0 spiro atoms. The molecule has 0 aromatic heterocycles. The average Bonchev–Trinajstić information content (AvgIpc) is 3.33. The maximum atomic E-state index is 14.2. The Hall–Kier alpha value is -3.82. The molecule has 5 rings (SSSR count). The minimum absolute atomic E-state index is 0.0276. The van der Waals surface area contributed by atoms with Gasteiger partial charge in [0.1, 0.15) is 12.1 Å². The number of carbonyl (C=O) groups is 1. The first-order valence-corrected chi connectivity index (χ1v) is 16.3. The van der Waals surface area contributed by atoms with E-state index in [1.807, 2.05) is 27.7 Å². The molecule has 0 saturated heterocycles. The van der Waals surface area contributed by atoms with Crippen LogP contribution in [-0.2, 0) is 28.0 Å². The highest BCUT2D eigenvalue weighted by Crippen LogP contribution is 2.53. The van der Waals surface area contributed by atoms with Crippen molar-refractivity contribution in [1.29, 1.82) is 0 Å². The monoisotopic (exact) mass is 672 g/mol. The Morgan fingerprint density at radius 2 is 1.38 bits per heavy atom. The molecule has 0 saturated carbocycles. The highest BCUT2D eigenvalue weighted by molar-refractivity contribution is 6.24.